The molecule has 0 spiro atoms. The summed E-state index contributed by atoms with van der Waals surface area (Å²) in [6.45, 7) is 0.904. The SMILES string of the molecule is O=C(c1cc(Cn2ccc(C(F)(F)F)n2)cs1)N1CCCCC1c1ccccc1. The number of carbonyl (C=O) groups excluding carboxylic acids is 1. The molecule has 0 saturated carbocycles. The topological polar surface area (TPSA) is 38.1 Å². The minimum Gasteiger partial charge on any atom is -0.331 e. The highest BCUT2D eigenvalue weighted by Gasteiger charge is 2.33. The number of amides is 1. The first-order valence-electron chi connectivity index (χ1n) is 9.46. The van der Waals surface area contributed by atoms with Crippen molar-refractivity contribution < 1.29 is 18.0 Å². The molecule has 1 fully saturated rings. The van der Waals surface area contributed by atoms with Crippen molar-refractivity contribution in [1.82, 2.24) is 14.7 Å². The maximum Gasteiger partial charge on any atom is 0.435 e. The molecular weight excluding hydrogens is 399 g/mol. The van der Waals surface area contributed by atoms with Crippen molar-refractivity contribution in [3.8, 4) is 0 Å². The minimum atomic E-state index is -4.46. The fourth-order valence-electron chi connectivity index (χ4n) is 3.70. The Morgan fingerprint density at radius 3 is 2.69 bits per heavy atom. The molecule has 1 saturated heterocycles. The van der Waals surface area contributed by atoms with E-state index < -0.39 is 11.9 Å². The number of halogens is 3. The maximum atomic E-state index is 13.1. The number of thiophene rings is 1. The Hall–Kier alpha value is -2.61. The average Bonchev–Trinajstić information content (AvgIpc) is 3.38. The van der Waals surface area contributed by atoms with E-state index in [0.717, 1.165) is 36.5 Å². The Morgan fingerprint density at radius 1 is 1.17 bits per heavy atom. The number of carbonyl (C=O) groups is 1. The summed E-state index contributed by atoms with van der Waals surface area (Å²) >= 11 is 1.33. The number of benzene rings is 1. The van der Waals surface area contributed by atoms with Crippen LogP contribution in [0.5, 0.6) is 0 Å². The molecule has 1 unspecified atom stereocenters. The summed E-state index contributed by atoms with van der Waals surface area (Å²) in [5.41, 5.74) is 0.986. The van der Waals surface area contributed by atoms with Crippen LogP contribution in [0.3, 0.4) is 0 Å². The Kier molecular flexibility index (Phi) is 5.45. The van der Waals surface area contributed by atoms with E-state index >= 15 is 0 Å². The lowest BCUT2D eigenvalue weighted by atomic mass is 9.95. The molecule has 0 N–H and O–H groups in total. The lowest BCUT2D eigenvalue weighted by Gasteiger charge is -2.36. The number of aromatic nitrogens is 2. The largest absolute Gasteiger partial charge is 0.435 e. The van der Waals surface area contributed by atoms with Crippen molar-refractivity contribution in [2.45, 2.75) is 38.0 Å². The van der Waals surface area contributed by atoms with E-state index in [-0.39, 0.29) is 18.5 Å². The molecular formula is C21H20F3N3OS. The first-order valence-corrected chi connectivity index (χ1v) is 10.3. The van der Waals surface area contributed by atoms with Crippen LogP contribution in [0.25, 0.3) is 0 Å². The van der Waals surface area contributed by atoms with Gasteiger partial charge in [-0.2, -0.15) is 18.3 Å². The second kappa shape index (κ2) is 8.02. The van der Waals surface area contributed by atoms with Crippen LogP contribution in [0.1, 0.15) is 51.8 Å². The van der Waals surface area contributed by atoms with Crippen LogP contribution in [0.2, 0.25) is 0 Å². The van der Waals surface area contributed by atoms with E-state index in [0.29, 0.717) is 11.4 Å². The van der Waals surface area contributed by atoms with Gasteiger partial charge in [0.2, 0.25) is 0 Å². The van der Waals surface area contributed by atoms with Crippen molar-refractivity contribution in [3.05, 3.63) is 75.7 Å². The van der Waals surface area contributed by atoms with Gasteiger partial charge in [-0.15, -0.1) is 11.3 Å². The molecule has 1 atom stereocenters. The summed E-state index contributed by atoms with van der Waals surface area (Å²) in [5.74, 6) is -0.0220. The number of hydrogen-bond donors (Lipinski definition) is 0. The zero-order valence-corrected chi connectivity index (χ0v) is 16.4. The van der Waals surface area contributed by atoms with Crippen molar-refractivity contribution in [1.29, 1.82) is 0 Å². The molecule has 1 aliphatic rings. The number of alkyl halides is 3. The van der Waals surface area contributed by atoms with Gasteiger partial charge in [-0.1, -0.05) is 30.3 Å². The van der Waals surface area contributed by atoms with Crippen molar-refractivity contribution in [3.63, 3.8) is 0 Å². The van der Waals surface area contributed by atoms with Gasteiger partial charge in [-0.25, -0.2) is 0 Å². The number of nitrogens with zero attached hydrogens (tertiary/aromatic N) is 3. The number of likely N-dealkylation sites (tertiary alicyclic amines) is 1. The molecule has 152 valence electrons. The summed E-state index contributed by atoms with van der Waals surface area (Å²) in [6, 6.07) is 12.8. The lowest BCUT2D eigenvalue weighted by molar-refractivity contribution is -0.141. The third-order valence-corrected chi connectivity index (χ3v) is 6.06. The van der Waals surface area contributed by atoms with Gasteiger partial charge in [-0.05, 0) is 47.9 Å². The summed E-state index contributed by atoms with van der Waals surface area (Å²) in [6.07, 6.45) is -0.165. The zero-order chi connectivity index (χ0) is 20.4. The Labute approximate surface area is 170 Å². The molecule has 2 aromatic heterocycles. The summed E-state index contributed by atoms with van der Waals surface area (Å²) in [4.78, 5) is 15.7. The van der Waals surface area contributed by atoms with Crippen LogP contribution in [0.4, 0.5) is 13.2 Å². The highest BCUT2D eigenvalue weighted by molar-refractivity contribution is 7.12. The minimum absolute atomic E-state index is 0.0220. The van der Waals surface area contributed by atoms with Crippen molar-refractivity contribution in [2.75, 3.05) is 6.54 Å². The molecule has 8 heteroatoms. The molecule has 1 amide bonds. The Bertz CT molecular complexity index is 980. The molecule has 3 heterocycles. The maximum absolute atomic E-state index is 13.1. The predicted octanol–water partition coefficient (Wildman–Crippen LogP) is 5.38. The Balaban J connectivity index is 1.49. The van der Waals surface area contributed by atoms with Gasteiger partial charge in [0, 0.05) is 12.7 Å². The fourth-order valence-corrected chi connectivity index (χ4v) is 4.55. The summed E-state index contributed by atoms with van der Waals surface area (Å²) < 4.78 is 39.4. The highest BCUT2D eigenvalue weighted by atomic mass is 32.1. The van der Waals surface area contributed by atoms with E-state index in [9.17, 15) is 18.0 Å². The number of hydrogen-bond acceptors (Lipinski definition) is 3. The third kappa shape index (κ3) is 4.37. The van der Waals surface area contributed by atoms with Crippen molar-refractivity contribution in [2.24, 2.45) is 0 Å². The average molecular weight is 419 g/mol. The first kappa shape index (κ1) is 19.7. The van der Waals surface area contributed by atoms with Crippen molar-refractivity contribution >= 4 is 17.2 Å². The molecule has 1 aromatic carbocycles. The van der Waals surface area contributed by atoms with E-state index in [1.54, 1.807) is 6.07 Å². The lowest BCUT2D eigenvalue weighted by Crippen LogP contribution is -2.38. The second-order valence-electron chi connectivity index (χ2n) is 7.14. The summed E-state index contributed by atoms with van der Waals surface area (Å²) in [7, 11) is 0. The van der Waals surface area contributed by atoms with Gasteiger partial charge >= 0.3 is 6.18 Å². The van der Waals surface area contributed by atoms with E-state index in [1.807, 2.05) is 40.6 Å². The standard InChI is InChI=1S/C21H20F3N3OS/c22-21(23,24)19-9-11-26(25-19)13-15-12-18(29-14-15)20(28)27-10-5-4-8-17(27)16-6-2-1-3-7-16/h1-3,6-7,9,11-12,14,17H,4-5,8,10,13H2. The predicted molar refractivity (Wildman–Crippen MR) is 105 cm³/mol. The molecule has 0 aliphatic carbocycles. The molecule has 0 bridgehead atoms. The van der Waals surface area contributed by atoms with Gasteiger partial charge in [0.25, 0.3) is 5.91 Å². The van der Waals surface area contributed by atoms with Crippen LogP contribution in [0.15, 0.2) is 54.0 Å². The van der Waals surface area contributed by atoms with Gasteiger partial charge < -0.3 is 4.90 Å². The van der Waals surface area contributed by atoms with Crippen LogP contribution in [-0.2, 0) is 12.7 Å². The third-order valence-electron chi connectivity index (χ3n) is 5.09. The second-order valence-corrected chi connectivity index (χ2v) is 8.05. The summed E-state index contributed by atoms with van der Waals surface area (Å²) in [5, 5.41) is 5.38. The number of piperidine rings is 1. The van der Waals surface area contributed by atoms with E-state index in [1.165, 1.54) is 22.2 Å². The molecule has 4 rings (SSSR count). The number of rotatable bonds is 4. The molecule has 4 nitrogen and oxygen atoms in total. The van der Waals surface area contributed by atoms with E-state index in [2.05, 4.69) is 5.10 Å². The smallest absolute Gasteiger partial charge is 0.331 e. The first-order chi connectivity index (χ1) is 13.9. The fraction of sp³-hybridized carbons (Fsp3) is 0.333. The van der Waals surface area contributed by atoms with Crippen LogP contribution < -0.4 is 0 Å². The van der Waals surface area contributed by atoms with Gasteiger partial charge in [0.05, 0.1) is 17.5 Å². The quantitative estimate of drug-likeness (QED) is 0.570. The Morgan fingerprint density at radius 2 is 1.97 bits per heavy atom. The van der Waals surface area contributed by atoms with Crippen LogP contribution >= 0.6 is 11.3 Å². The monoisotopic (exact) mass is 419 g/mol. The highest BCUT2D eigenvalue weighted by Crippen LogP contribution is 2.33. The van der Waals surface area contributed by atoms with Gasteiger partial charge in [0.15, 0.2) is 5.69 Å². The molecule has 29 heavy (non-hydrogen) atoms. The molecule has 1 aliphatic heterocycles. The molecule has 0 radical (unpaired) electrons. The van der Waals surface area contributed by atoms with Crippen LogP contribution in [-0.4, -0.2) is 27.1 Å². The normalized spacial score (nSPS) is 17.5. The molecule has 3 aromatic rings. The van der Waals surface area contributed by atoms with E-state index in [4.69, 9.17) is 0 Å². The van der Waals surface area contributed by atoms with Crippen LogP contribution in [0, 0.1) is 0 Å². The van der Waals surface area contributed by atoms with Gasteiger partial charge in [-0.3, -0.25) is 9.48 Å². The zero-order valence-electron chi connectivity index (χ0n) is 15.6. The van der Waals surface area contributed by atoms with Gasteiger partial charge in [0.1, 0.15) is 0 Å².